The first-order chi connectivity index (χ1) is 14.8. The molecule has 6 nitrogen and oxygen atoms in total. The van der Waals surface area contributed by atoms with Crippen molar-refractivity contribution in [3.63, 3.8) is 0 Å². The van der Waals surface area contributed by atoms with Crippen LogP contribution in [0.4, 0.5) is 4.79 Å². The summed E-state index contributed by atoms with van der Waals surface area (Å²) in [5.74, 6) is 0.143. The predicted molar refractivity (Wildman–Crippen MR) is 120 cm³/mol. The molecule has 164 valence electrons. The molecule has 0 bridgehead atoms. The lowest BCUT2D eigenvalue weighted by atomic mass is 9.94. The molecule has 2 amide bonds. The zero-order valence-electron chi connectivity index (χ0n) is 17.5. The van der Waals surface area contributed by atoms with Gasteiger partial charge in [0.15, 0.2) is 0 Å². The summed E-state index contributed by atoms with van der Waals surface area (Å²) in [5, 5.41) is 6.59. The Morgan fingerprint density at radius 1 is 1.10 bits per heavy atom. The van der Waals surface area contributed by atoms with E-state index in [9.17, 15) is 9.59 Å². The van der Waals surface area contributed by atoms with Gasteiger partial charge in [-0.2, -0.15) is 0 Å². The molecule has 1 aliphatic rings. The second kappa shape index (κ2) is 10.1. The highest BCUT2D eigenvalue weighted by atomic mass is 35.5. The van der Waals surface area contributed by atoms with Gasteiger partial charge >= 0.3 is 12.0 Å². The number of hydrogen-bond acceptors (Lipinski definition) is 4. The maximum absolute atomic E-state index is 12.7. The molecule has 31 heavy (non-hydrogen) atoms. The number of nitrogens with one attached hydrogen (secondary N) is 2. The Morgan fingerprint density at radius 3 is 2.32 bits per heavy atom. The Hall–Kier alpha value is -2.70. The first-order valence-corrected chi connectivity index (χ1v) is 10.7. The summed E-state index contributed by atoms with van der Waals surface area (Å²) in [5.41, 5.74) is 2.38. The molecule has 3 rings (SSSR count). The van der Waals surface area contributed by atoms with Crippen LogP contribution in [0.5, 0.6) is 5.75 Å². The first kappa shape index (κ1) is 23.0. The van der Waals surface area contributed by atoms with Crippen molar-refractivity contribution in [3.05, 3.63) is 74.9 Å². The summed E-state index contributed by atoms with van der Waals surface area (Å²) in [6, 6.07) is 11.4. The van der Waals surface area contributed by atoms with E-state index in [0.29, 0.717) is 39.0 Å². The maximum Gasteiger partial charge on any atom is 0.338 e. The Labute approximate surface area is 191 Å². The van der Waals surface area contributed by atoms with Crippen LogP contribution in [0.2, 0.25) is 10.0 Å². The third-order valence-corrected chi connectivity index (χ3v) is 5.44. The number of carbonyl (C=O) groups is 2. The van der Waals surface area contributed by atoms with Gasteiger partial charge in [0.25, 0.3) is 0 Å². The van der Waals surface area contributed by atoms with Gasteiger partial charge in [0.1, 0.15) is 12.4 Å². The quantitative estimate of drug-likeness (QED) is 0.529. The first-order valence-electron chi connectivity index (χ1n) is 9.97. The molecule has 0 aliphatic carbocycles. The number of allylic oxidation sites excluding steroid dienone is 1. The van der Waals surface area contributed by atoms with Crippen molar-refractivity contribution in [1.82, 2.24) is 10.6 Å². The topological polar surface area (TPSA) is 76.7 Å². The van der Waals surface area contributed by atoms with E-state index in [1.54, 1.807) is 56.3 Å². The van der Waals surface area contributed by atoms with E-state index in [2.05, 4.69) is 10.6 Å². The van der Waals surface area contributed by atoms with E-state index in [1.807, 2.05) is 6.92 Å². The number of urea groups is 1. The van der Waals surface area contributed by atoms with Crippen molar-refractivity contribution in [1.29, 1.82) is 0 Å². The highest BCUT2D eigenvalue weighted by molar-refractivity contribution is 6.35. The summed E-state index contributed by atoms with van der Waals surface area (Å²) in [6.07, 6.45) is 0.218. The second-order valence-corrected chi connectivity index (χ2v) is 8.10. The second-order valence-electron chi connectivity index (χ2n) is 7.29. The lowest BCUT2D eigenvalue weighted by Gasteiger charge is -2.29. The van der Waals surface area contributed by atoms with Gasteiger partial charge in [-0.25, -0.2) is 9.59 Å². The largest absolute Gasteiger partial charge is 0.489 e. The predicted octanol–water partition coefficient (Wildman–Crippen LogP) is 5.54. The van der Waals surface area contributed by atoms with Crippen LogP contribution in [0, 0.1) is 0 Å². The lowest BCUT2D eigenvalue weighted by molar-refractivity contribution is -0.143. The van der Waals surface area contributed by atoms with E-state index in [4.69, 9.17) is 32.7 Å². The van der Waals surface area contributed by atoms with Crippen LogP contribution in [-0.4, -0.2) is 18.1 Å². The SMILES string of the molecule is CCC1=C(C(=O)OC(C)C)C(c2ccc(OCc3c(Cl)cccc3Cl)cc2)NC(=O)N1. The van der Waals surface area contributed by atoms with Crippen molar-refractivity contribution in [2.45, 2.75) is 45.9 Å². The third kappa shape index (κ3) is 5.51. The Balaban J connectivity index is 1.82. The van der Waals surface area contributed by atoms with Gasteiger partial charge in [-0.15, -0.1) is 0 Å². The van der Waals surface area contributed by atoms with Gasteiger partial charge in [-0.1, -0.05) is 48.3 Å². The molecule has 1 atom stereocenters. The van der Waals surface area contributed by atoms with Crippen LogP contribution in [0.25, 0.3) is 0 Å². The molecule has 2 aromatic rings. The van der Waals surface area contributed by atoms with E-state index >= 15 is 0 Å². The van der Waals surface area contributed by atoms with Crippen LogP contribution in [-0.2, 0) is 16.1 Å². The number of carbonyl (C=O) groups excluding carboxylic acids is 2. The fraction of sp³-hybridized carbons (Fsp3) is 0.304. The van der Waals surface area contributed by atoms with Gasteiger partial charge in [-0.05, 0) is 50.1 Å². The maximum atomic E-state index is 12.7. The molecule has 0 aromatic heterocycles. The zero-order valence-corrected chi connectivity index (χ0v) is 19.0. The third-order valence-electron chi connectivity index (χ3n) is 4.73. The van der Waals surface area contributed by atoms with E-state index in [-0.39, 0.29) is 18.7 Å². The molecule has 0 radical (unpaired) electrons. The Kier molecular flexibility index (Phi) is 7.46. The number of rotatable bonds is 7. The van der Waals surface area contributed by atoms with Crippen molar-refractivity contribution in [2.24, 2.45) is 0 Å². The molecule has 1 heterocycles. The number of halogens is 2. The van der Waals surface area contributed by atoms with Crippen molar-refractivity contribution in [2.75, 3.05) is 0 Å². The van der Waals surface area contributed by atoms with E-state index in [1.165, 1.54) is 0 Å². The molecule has 8 heteroatoms. The summed E-state index contributed by atoms with van der Waals surface area (Å²) in [4.78, 5) is 24.9. The molecular formula is C23H24Cl2N2O4. The summed E-state index contributed by atoms with van der Waals surface area (Å²) in [7, 11) is 0. The van der Waals surface area contributed by atoms with E-state index in [0.717, 1.165) is 5.56 Å². The Morgan fingerprint density at radius 2 is 1.74 bits per heavy atom. The monoisotopic (exact) mass is 462 g/mol. The molecule has 2 aromatic carbocycles. The summed E-state index contributed by atoms with van der Waals surface area (Å²) < 4.78 is 11.2. The van der Waals surface area contributed by atoms with E-state index < -0.39 is 12.0 Å². The van der Waals surface area contributed by atoms with Gasteiger partial charge in [-0.3, -0.25) is 0 Å². The van der Waals surface area contributed by atoms with Crippen LogP contribution >= 0.6 is 23.2 Å². The fourth-order valence-corrected chi connectivity index (χ4v) is 3.75. The number of ether oxygens (including phenoxy) is 2. The zero-order chi connectivity index (χ0) is 22.5. The summed E-state index contributed by atoms with van der Waals surface area (Å²) in [6.45, 7) is 5.65. The average molecular weight is 463 g/mol. The number of benzene rings is 2. The molecule has 0 saturated carbocycles. The van der Waals surface area contributed by atoms with Gasteiger partial charge in [0, 0.05) is 21.3 Å². The van der Waals surface area contributed by atoms with Gasteiger partial charge < -0.3 is 20.1 Å². The molecule has 1 unspecified atom stereocenters. The normalized spacial score (nSPS) is 16.1. The van der Waals surface area contributed by atoms with Crippen LogP contribution < -0.4 is 15.4 Å². The average Bonchev–Trinajstić information content (AvgIpc) is 2.72. The van der Waals surface area contributed by atoms with Crippen molar-refractivity contribution < 1.29 is 19.1 Å². The fourth-order valence-electron chi connectivity index (χ4n) is 3.25. The van der Waals surface area contributed by atoms with Crippen LogP contribution in [0.3, 0.4) is 0 Å². The minimum atomic E-state index is -0.623. The number of esters is 1. The highest BCUT2D eigenvalue weighted by Gasteiger charge is 2.33. The summed E-state index contributed by atoms with van der Waals surface area (Å²) >= 11 is 12.4. The molecule has 1 aliphatic heterocycles. The van der Waals surface area contributed by atoms with Gasteiger partial charge in [0.05, 0.1) is 17.7 Å². The molecule has 0 spiro atoms. The number of amides is 2. The smallest absolute Gasteiger partial charge is 0.338 e. The highest BCUT2D eigenvalue weighted by Crippen LogP contribution is 2.31. The van der Waals surface area contributed by atoms with Crippen molar-refractivity contribution >= 4 is 35.2 Å². The minimum absolute atomic E-state index is 0.216. The Bertz CT molecular complexity index is 983. The number of hydrogen-bond donors (Lipinski definition) is 2. The molecular weight excluding hydrogens is 439 g/mol. The minimum Gasteiger partial charge on any atom is -0.489 e. The molecule has 0 fully saturated rings. The van der Waals surface area contributed by atoms with Crippen molar-refractivity contribution in [3.8, 4) is 5.75 Å². The standard InChI is InChI=1S/C23H24Cl2N2O4/c1-4-19-20(22(28)31-13(2)3)21(27-23(29)26-19)14-8-10-15(11-9-14)30-12-16-17(24)6-5-7-18(16)25/h5-11,13,21H,4,12H2,1-3H3,(H2,26,27,29). The van der Waals surface area contributed by atoms with Crippen LogP contribution in [0.1, 0.15) is 44.4 Å². The lowest BCUT2D eigenvalue weighted by Crippen LogP contribution is -2.46. The molecule has 0 saturated heterocycles. The van der Waals surface area contributed by atoms with Gasteiger partial charge in [0.2, 0.25) is 0 Å². The molecule has 2 N–H and O–H groups in total. The van der Waals surface area contributed by atoms with Crippen LogP contribution in [0.15, 0.2) is 53.7 Å².